The van der Waals surface area contributed by atoms with Gasteiger partial charge in [0.2, 0.25) is 0 Å². The smallest absolute Gasteiger partial charge is 0.326 e. The third kappa shape index (κ3) is 3.95. The maximum atomic E-state index is 13.1. The average Bonchev–Trinajstić information content (AvgIpc) is 2.97. The number of rotatable bonds is 5. The topological polar surface area (TPSA) is 94.2 Å². The van der Waals surface area contributed by atoms with Gasteiger partial charge in [0, 0.05) is 29.2 Å². The Balaban J connectivity index is 1.71. The van der Waals surface area contributed by atoms with E-state index >= 15 is 0 Å². The van der Waals surface area contributed by atoms with Crippen LogP contribution in [0, 0.1) is 5.82 Å². The van der Waals surface area contributed by atoms with Crippen LogP contribution in [-0.4, -0.2) is 28.1 Å². The van der Waals surface area contributed by atoms with Crippen molar-refractivity contribution >= 4 is 28.6 Å². The lowest BCUT2D eigenvalue weighted by molar-refractivity contribution is -0.139. The maximum absolute atomic E-state index is 13.1. The molecule has 4 N–H and O–H groups in total. The predicted octanol–water partition coefficient (Wildman–Crippen LogP) is 3.12. The largest absolute Gasteiger partial charge is 0.480 e. The number of amides is 2. The molecule has 7 heteroatoms. The summed E-state index contributed by atoms with van der Waals surface area (Å²) in [4.78, 5) is 26.6. The third-order valence-corrected chi connectivity index (χ3v) is 3.78. The second kappa shape index (κ2) is 7.04. The highest BCUT2D eigenvalue weighted by atomic mass is 19.1. The number of halogens is 1. The second-order valence-corrected chi connectivity index (χ2v) is 5.56. The minimum Gasteiger partial charge on any atom is -0.480 e. The number of urea groups is 1. The van der Waals surface area contributed by atoms with Crippen LogP contribution in [0.4, 0.5) is 14.9 Å². The Kier molecular flexibility index (Phi) is 4.65. The first-order valence-corrected chi connectivity index (χ1v) is 7.64. The maximum Gasteiger partial charge on any atom is 0.326 e. The fraction of sp³-hybridized carbons (Fsp3) is 0.111. The fourth-order valence-corrected chi connectivity index (χ4v) is 2.61. The van der Waals surface area contributed by atoms with E-state index in [0.29, 0.717) is 0 Å². The summed E-state index contributed by atoms with van der Waals surface area (Å²) in [5, 5.41) is 15.1. The van der Waals surface area contributed by atoms with Crippen LogP contribution in [0.1, 0.15) is 5.56 Å². The molecule has 0 saturated heterocycles. The van der Waals surface area contributed by atoms with Gasteiger partial charge >= 0.3 is 12.0 Å². The van der Waals surface area contributed by atoms with Crippen LogP contribution in [-0.2, 0) is 11.2 Å². The van der Waals surface area contributed by atoms with Crippen LogP contribution >= 0.6 is 0 Å². The first-order chi connectivity index (χ1) is 12.0. The van der Waals surface area contributed by atoms with Crippen LogP contribution in [0.3, 0.4) is 0 Å². The second-order valence-electron chi connectivity index (χ2n) is 5.56. The molecule has 0 aliphatic rings. The fourth-order valence-electron chi connectivity index (χ4n) is 2.61. The molecular formula is C18H16FN3O3. The molecule has 0 aliphatic carbocycles. The first-order valence-electron chi connectivity index (χ1n) is 7.64. The Hall–Kier alpha value is -3.35. The van der Waals surface area contributed by atoms with E-state index in [1.165, 1.54) is 18.2 Å². The number of nitrogens with one attached hydrogen (secondary N) is 3. The van der Waals surface area contributed by atoms with Crippen molar-refractivity contribution in [3.05, 3.63) is 66.1 Å². The number of anilines is 1. The number of aliphatic carboxylic acids is 1. The van der Waals surface area contributed by atoms with Gasteiger partial charge in [-0.05, 0) is 29.8 Å². The highest BCUT2D eigenvalue weighted by Gasteiger charge is 2.22. The number of hydrogen-bond acceptors (Lipinski definition) is 2. The van der Waals surface area contributed by atoms with Crippen molar-refractivity contribution in [2.24, 2.45) is 0 Å². The number of carbonyl (C=O) groups excluding carboxylic acids is 1. The van der Waals surface area contributed by atoms with Gasteiger partial charge in [-0.3, -0.25) is 0 Å². The minimum absolute atomic E-state index is 0.121. The van der Waals surface area contributed by atoms with Crippen molar-refractivity contribution in [1.29, 1.82) is 0 Å². The summed E-state index contributed by atoms with van der Waals surface area (Å²) in [5.41, 5.74) is 1.92. The van der Waals surface area contributed by atoms with E-state index in [2.05, 4.69) is 15.6 Å². The molecule has 0 unspecified atom stereocenters. The van der Waals surface area contributed by atoms with E-state index in [4.69, 9.17) is 0 Å². The molecule has 0 fully saturated rings. The van der Waals surface area contributed by atoms with Gasteiger partial charge in [0.05, 0.1) is 0 Å². The first kappa shape index (κ1) is 16.5. The predicted molar refractivity (Wildman–Crippen MR) is 92.0 cm³/mol. The normalized spacial score (nSPS) is 11.9. The summed E-state index contributed by atoms with van der Waals surface area (Å²) in [7, 11) is 0. The summed E-state index contributed by atoms with van der Waals surface area (Å²) >= 11 is 0. The number of carboxylic acid groups (broad SMARTS) is 1. The van der Waals surface area contributed by atoms with Crippen LogP contribution < -0.4 is 10.6 Å². The van der Waals surface area contributed by atoms with Crippen molar-refractivity contribution in [3.8, 4) is 0 Å². The molecular weight excluding hydrogens is 325 g/mol. The molecule has 25 heavy (non-hydrogen) atoms. The van der Waals surface area contributed by atoms with Gasteiger partial charge in [-0.15, -0.1) is 0 Å². The molecule has 1 aromatic heterocycles. The zero-order valence-electron chi connectivity index (χ0n) is 13.1. The number of aromatic nitrogens is 1. The molecule has 1 atom stereocenters. The van der Waals surface area contributed by atoms with Gasteiger partial charge < -0.3 is 20.7 Å². The Morgan fingerprint density at radius 2 is 1.96 bits per heavy atom. The number of carboxylic acids is 1. The van der Waals surface area contributed by atoms with Gasteiger partial charge in [-0.25, -0.2) is 14.0 Å². The highest BCUT2D eigenvalue weighted by molar-refractivity contribution is 5.92. The van der Waals surface area contributed by atoms with Gasteiger partial charge in [-0.2, -0.15) is 0 Å². The number of benzene rings is 2. The zero-order chi connectivity index (χ0) is 17.8. The standard InChI is InChI=1S/C18H16FN3O3/c19-12-4-3-5-13(9-12)21-18(25)22-16(17(23)24)8-11-10-20-15-7-2-1-6-14(11)15/h1-7,9-10,16,20H,8H2,(H,23,24)(H2,21,22,25)/t16-/m0/s1. The molecule has 0 bridgehead atoms. The van der Waals surface area contributed by atoms with Crippen LogP contribution in [0.2, 0.25) is 0 Å². The lowest BCUT2D eigenvalue weighted by Gasteiger charge is -2.15. The number of fused-ring (bicyclic) bond motifs is 1. The van der Waals surface area contributed by atoms with E-state index < -0.39 is 23.9 Å². The van der Waals surface area contributed by atoms with Crippen molar-refractivity contribution in [3.63, 3.8) is 0 Å². The van der Waals surface area contributed by atoms with E-state index in [1.807, 2.05) is 24.3 Å². The zero-order valence-corrected chi connectivity index (χ0v) is 13.1. The van der Waals surface area contributed by atoms with E-state index in [0.717, 1.165) is 22.5 Å². The molecule has 6 nitrogen and oxygen atoms in total. The van der Waals surface area contributed by atoms with E-state index in [-0.39, 0.29) is 12.1 Å². The number of carbonyl (C=O) groups is 2. The van der Waals surface area contributed by atoms with E-state index in [1.54, 1.807) is 6.20 Å². The Labute approximate surface area is 142 Å². The number of H-pyrrole nitrogens is 1. The third-order valence-electron chi connectivity index (χ3n) is 3.78. The van der Waals surface area contributed by atoms with Gasteiger partial charge in [0.25, 0.3) is 0 Å². The molecule has 1 heterocycles. The number of hydrogen-bond donors (Lipinski definition) is 4. The summed E-state index contributed by atoms with van der Waals surface area (Å²) in [6.07, 6.45) is 1.85. The van der Waals surface area contributed by atoms with Gasteiger partial charge in [0.1, 0.15) is 11.9 Å². The molecule has 0 radical (unpaired) electrons. The molecule has 3 rings (SSSR count). The lowest BCUT2D eigenvalue weighted by atomic mass is 10.1. The van der Waals surface area contributed by atoms with E-state index in [9.17, 15) is 19.1 Å². The monoisotopic (exact) mass is 341 g/mol. The van der Waals surface area contributed by atoms with Gasteiger partial charge in [-0.1, -0.05) is 24.3 Å². The molecule has 2 aromatic carbocycles. The average molecular weight is 341 g/mol. The molecule has 3 aromatic rings. The Morgan fingerprint density at radius 3 is 2.72 bits per heavy atom. The van der Waals surface area contributed by atoms with Crippen LogP contribution in [0.15, 0.2) is 54.7 Å². The number of para-hydroxylation sites is 1. The minimum atomic E-state index is -1.15. The molecule has 0 saturated carbocycles. The highest BCUT2D eigenvalue weighted by Crippen LogP contribution is 2.19. The van der Waals surface area contributed by atoms with Crippen LogP contribution in [0.5, 0.6) is 0 Å². The SMILES string of the molecule is O=C(Nc1cccc(F)c1)N[C@@H](Cc1c[nH]c2ccccc12)C(=O)O. The summed E-state index contributed by atoms with van der Waals surface area (Å²) < 4.78 is 13.1. The van der Waals surface area contributed by atoms with Gasteiger partial charge in [0.15, 0.2) is 0 Å². The van der Waals surface area contributed by atoms with Crippen molar-refractivity contribution < 1.29 is 19.1 Å². The Morgan fingerprint density at radius 1 is 1.16 bits per heavy atom. The lowest BCUT2D eigenvalue weighted by Crippen LogP contribution is -2.44. The Bertz CT molecular complexity index is 923. The summed E-state index contributed by atoms with van der Waals surface area (Å²) in [5.74, 6) is -1.65. The van der Waals surface area contributed by atoms with Crippen molar-refractivity contribution in [1.82, 2.24) is 10.3 Å². The van der Waals surface area contributed by atoms with Crippen LogP contribution in [0.25, 0.3) is 10.9 Å². The van der Waals surface area contributed by atoms with Crippen molar-refractivity contribution in [2.75, 3.05) is 5.32 Å². The molecule has 128 valence electrons. The summed E-state index contributed by atoms with van der Waals surface area (Å²) in [6, 6.07) is 11.0. The van der Waals surface area contributed by atoms with Crippen molar-refractivity contribution in [2.45, 2.75) is 12.5 Å². The molecule has 0 spiro atoms. The molecule has 2 amide bonds. The quantitative estimate of drug-likeness (QED) is 0.574. The number of aromatic amines is 1. The molecule has 0 aliphatic heterocycles. The summed E-state index contributed by atoms with van der Waals surface area (Å²) in [6.45, 7) is 0.